The first-order valence-corrected chi connectivity index (χ1v) is 7.05. The normalized spacial score (nSPS) is 12.1. The predicted molar refractivity (Wildman–Crippen MR) is 80.4 cm³/mol. The van der Waals surface area contributed by atoms with Gasteiger partial charge in [-0.25, -0.2) is 4.68 Å². The molecule has 0 radical (unpaired) electrons. The van der Waals surface area contributed by atoms with E-state index in [-0.39, 0.29) is 12.1 Å². The van der Waals surface area contributed by atoms with E-state index in [1.807, 2.05) is 26.0 Å². The van der Waals surface area contributed by atoms with Crippen LogP contribution in [0.1, 0.15) is 30.7 Å². The summed E-state index contributed by atoms with van der Waals surface area (Å²) in [7, 11) is 0. The molecule has 1 N–H and O–H groups in total. The zero-order valence-corrected chi connectivity index (χ0v) is 12.3. The Kier molecular flexibility index (Phi) is 5.11. The zero-order chi connectivity index (χ0) is 15.2. The maximum absolute atomic E-state index is 11.7. The lowest BCUT2D eigenvalue weighted by Crippen LogP contribution is -2.25. The van der Waals surface area contributed by atoms with Gasteiger partial charge in [0.05, 0.1) is 24.9 Å². The van der Waals surface area contributed by atoms with Gasteiger partial charge in [0.2, 0.25) is 0 Å². The summed E-state index contributed by atoms with van der Waals surface area (Å²) in [4.78, 5) is 11.7. The molecular weight excluding hydrogens is 268 g/mol. The molecular formula is C16H20N2O3. The highest BCUT2D eigenvalue weighted by molar-refractivity contribution is 5.28. The van der Waals surface area contributed by atoms with Crippen LogP contribution in [-0.4, -0.2) is 21.5 Å². The predicted octanol–water partition coefficient (Wildman–Crippen LogP) is 2.07. The van der Waals surface area contributed by atoms with E-state index in [1.54, 1.807) is 18.2 Å². The van der Waals surface area contributed by atoms with Gasteiger partial charge < -0.3 is 9.84 Å². The molecule has 0 aliphatic carbocycles. The van der Waals surface area contributed by atoms with Crippen molar-refractivity contribution in [3.63, 3.8) is 0 Å². The highest BCUT2D eigenvalue weighted by atomic mass is 16.5. The molecule has 2 rings (SSSR count). The Hall–Kier alpha value is -2.14. The summed E-state index contributed by atoms with van der Waals surface area (Å²) in [5, 5.41) is 14.3. The molecule has 1 aromatic carbocycles. The second kappa shape index (κ2) is 7.04. The average molecular weight is 288 g/mol. The molecule has 0 amide bonds. The molecule has 0 aliphatic heterocycles. The second-order valence-corrected chi connectivity index (χ2v) is 4.93. The molecule has 21 heavy (non-hydrogen) atoms. The van der Waals surface area contributed by atoms with Crippen molar-refractivity contribution in [3.8, 4) is 5.75 Å². The Morgan fingerprint density at radius 1 is 1.24 bits per heavy atom. The van der Waals surface area contributed by atoms with E-state index < -0.39 is 6.10 Å². The summed E-state index contributed by atoms with van der Waals surface area (Å²) < 4.78 is 6.77. The second-order valence-electron chi connectivity index (χ2n) is 4.93. The van der Waals surface area contributed by atoms with E-state index in [9.17, 15) is 9.90 Å². The van der Waals surface area contributed by atoms with Gasteiger partial charge in [0, 0.05) is 6.07 Å². The molecule has 0 aliphatic rings. The number of nitrogens with zero attached hydrogens (tertiary/aromatic N) is 2. The van der Waals surface area contributed by atoms with Crippen LogP contribution in [0.15, 0.2) is 41.2 Å². The lowest BCUT2D eigenvalue weighted by molar-refractivity contribution is 0.149. The van der Waals surface area contributed by atoms with Crippen molar-refractivity contribution in [2.24, 2.45) is 0 Å². The molecule has 0 saturated carbocycles. The van der Waals surface area contributed by atoms with Crippen LogP contribution in [0, 0.1) is 6.92 Å². The fraction of sp³-hybridized carbons (Fsp3) is 0.375. The molecule has 1 aromatic heterocycles. The third-order valence-electron chi connectivity index (χ3n) is 3.08. The number of hydrogen-bond acceptors (Lipinski definition) is 4. The number of aromatic nitrogens is 2. The van der Waals surface area contributed by atoms with Crippen molar-refractivity contribution in [3.05, 3.63) is 58.0 Å². The fourth-order valence-corrected chi connectivity index (χ4v) is 1.96. The Labute approximate surface area is 123 Å². The van der Waals surface area contributed by atoms with Crippen molar-refractivity contribution in [1.29, 1.82) is 0 Å². The summed E-state index contributed by atoms with van der Waals surface area (Å²) in [6.45, 7) is 4.66. The number of benzene rings is 1. The van der Waals surface area contributed by atoms with E-state index in [0.717, 1.165) is 23.4 Å². The first-order chi connectivity index (χ1) is 10.1. The maximum Gasteiger partial charge on any atom is 0.266 e. The van der Waals surface area contributed by atoms with Crippen molar-refractivity contribution in [2.75, 3.05) is 6.61 Å². The van der Waals surface area contributed by atoms with Gasteiger partial charge in [-0.05, 0) is 37.1 Å². The van der Waals surface area contributed by atoms with E-state index in [0.29, 0.717) is 6.61 Å². The highest BCUT2D eigenvalue weighted by Gasteiger charge is 2.10. The van der Waals surface area contributed by atoms with Gasteiger partial charge in [-0.1, -0.05) is 19.1 Å². The van der Waals surface area contributed by atoms with E-state index >= 15 is 0 Å². The van der Waals surface area contributed by atoms with Crippen LogP contribution in [0.2, 0.25) is 0 Å². The largest absolute Gasteiger partial charge is 0.494 e. The number of aliphatic hydroxyl groups excluding tert-OH is 1. The standard InChI is InChI=1S/C16H20N2O3/c1-3-10-21-14-7-5-13(6-8-14)15(19)11-18-16(20)9-4-12(2)17-18/h4-9,15,19H,3,10-11H2,1-2H3. The molecule has 1 heterocycles. The minimum absolute atomic E-state index is 0.135. The van der Waals surface area contributed by atoms with Crippen LogP contribution < -0.4 is 10.3 Å². The van der Waals surface area contributed by atoms with E-state index in [2.05, 4.69) is 5.10 Å². The third-order valence-corrected chi connectivity index (χ3v) is 3.08. The minimum atomic E-state index is -0.780. The number of hydrogen-bond donors (Lipinski definition) is 1. The smallest absolute Gasteiger partial charge is 0.266 e. The molecule has 0 saturated heterocycles. The summed E-state index contributed by atoms with van der Waals surface area (Å²) in [5.74, 6) is 0.777. The van der Waals surface area contributed by atoms with Crippen LogP contribution in [0.25, 0.3) is 0 Å². The summed E-state index contributed by atoms with van der Waals surface area (Å²) in [6, 6.07) is 10.4. The molecule has 5 heteroatoms. The van der Waals surface area contributed by atoms with Gasteiger partial charge in [-0.15, -0.1) is 0 Å². The van der Waals surface area contributed by atoms with Crippen LogP contribution in [0.4, 0.5) is 0 Å². The molecule has 1 atom stereocenters. The van der Waals surface area contributed by atoms with Crippen molar-refractivity contribution < 1.29 is 9.84 Å². The summed E-state index contributed by atoms with van der Waals surface area (Å²) in [6.07, 6.45) is 0.170. The number of rotatable bonds is 6. The lowest BCUT2D eigenvalue weighted by atomic mass is 10.1. The van der Waals surface area contributed by atoms with Gasteiger partial charge in [0.1, 0.15) is 5.75 Å². The van der Waals surface area contributed by atoms with Gasteiger partial charge in [-0.3, -0.25) is 4.79 Å². The Balaban J connectivity index is 2.07. The number of aliphatic hydroxyl groups is 1. The lowest BCUT2D eigenvalue weighted by Gasteiger charge is -2.13. The molecule has 0 spiro atoms. The first kappa shape index (κ1) is 15.3. The molecule has 112 valence electrons. The van der Waals surface area contributed by atoms with Gasteiger partial charge in [0.15, 0.2) is 0 Å². The summed E-state index contributed by atoms with van der Waals surface area (Å²) >= 11 is 0. The number of aryl methyl sites for hydroxylation is 1. The van der Waals surface area contributed by atoms with Crippen LogP contribution in [0.3, 0.4) is 0 Å². The Bertz CT molecular complexity index is 635. The molecule has 0 bridgehead atoms. The van der Waals surface area contributed by atoms with Crippen molar-refractivity contribution in [2.45, 2.75) is 32.9 Å². The van der Waals surface area contributed by atoms with Crippen molar-refractivity contribution in [1.82, 2.24) is 9.78 Å². The zero-order valence-electron chi connectivity index (χ0n) is 12.3. The quantitative estimate of drug-likeness (QED) is 0.884. The Morgan fingerprint density at radius 3 is 2.62 bits per heavy atom. The van der Waals surface area contributed by atoms with E-state index in [1.165, 1.54) is 10.7 Å². The topological polar surface area (TPSA) is 64.3 Å². The SMILES string of the molecule is CCCOc1ccc(C(O)Cn2nc(C)ccc2=O)cc1. The third kappa shape index (κ3) is 4.16. The molecule has 5 nitrogen and oxygen atoms in total. The Morgan fingerprint density at radius 2 is 1.95 bits per heavy atom. The summed E-state index contributed by atoms with van der Waals surface area (Å²) in [5.41, 5.74) is 1.25. The van der Waals surface area contributed by atoms with Crippen LogP contribution in [0.5, 0.6) is 5.75 Å². The maximum atomic E-state index is 11.7. The highest BCUT2D eigenvalue weighted by Crippen LogP contribution is 2.18. The first-order valence-electron chi connectivity index (χ1n) is 7.05. The molecule has 1 unspecified atom stereocenters. The molecule has 2 aromatic rings. The van der Waals surface area contributed by atoms with Crippen LogP contribution in [-0.2, 0) is 6.54 Å². The minimum Gasteiger partial charge on any atom is -0.494 e. The van der Waals surface area contributed by atoms with Gasteiger partial charge in [-0.2, -0.15) is 5.10 Å². The molecule has 0 fully saturated rings. The van der Waals surface area contributed by atoms with Gasteiger partial charge >= 0.3 is 0 Å². The van der Waals surface area contributed by atoms with Crippen molar-refractivity contribution >= 4 is 0 Å². The van der Waals surface area contributed by atoms with Crippen LogP contribution >= 0.6 is 0 Å². The number of ether oxygens (including phenoxy) is 1. The fourth-order valence-electron chi connectivity index (χ4n) is 1.96. The van der Waals surface area contributed by atoms with E-state index in [4.69, 9.17) is 4.74 Å². The van der Waals surface area contributed by atoms with Gasteiger partial charge in [0.25, 0.3) is 5.56 Å². The monoisotopic (exact) mass is 288 g/mol. The average Bonchev–Trinajstić information content (AvgIpc) is 2.49.